The zero-order valence-corrected chi connectivity index (χ0v) is 13.5. The van der Waals surface area contributed by atoms with Gasteiger partial charge in [-0.25, -0.2) is 0 Å². The number of hydrogen-bond donors (Lipinski definition) is 1. The Bertz CT molecular complexity index is 390. The molecule has 4 heteroatoms. The molecular weight excluding hydrogens is 262 g/mol. The van der Waals surface area contributed by atoms with Gasteiger partial charge >= 0.3 is 0 Å². The molecule has 0 saturated carbocycles. The van der Waals surface area contributed by atoms with Crippen LogP contribution in [0.1, 0.15) is 25.3 Å². The largest absolute Gasteiger partial charge is 0.381 e. The lowest BCUT2D eigenvalue weighted by atomic mass is 9.86. The Kier molecular flexibility index (Phi) is 6.61. The molecule has 21 heavy (non-hydrogen) atoms. The van der Waals surface area contributed by atoms with Crippen LogP contribution in [0.5, 0.6) is 0 Å². The first kappa shape index (κ1) is 16.4. The van der Waals surface area contributed by atoms with E-state index in [1.165, 1.54) is 18.4 Å². The maximum Gasteiger partial charge on any atom is 0.0547 e. The summed E-state index contributed by atoms with van der Waals surface area (Å²) in [6, 6.07) is 4.20. The van der Waals surface area contributed by atoms with Gasteiger partial charge in [-0.2, -0.15) is 0 Å². The fraction of sp³-hybridized carbons (Fsp3) is 0.706. The van der Waals surface area contributed by atoms with Crippen molar-refractivity contribution >= 4 is 0 Å². The van der Waals surface area contributed by atoms with E-state index in [-0.39, 0.29) is 0 Å². The van der Waals surface area contributed by atoms with Crippen molar-refractivity contribution in [1.29, 1.82) is 0 Å². The Hall–Kier alpha value is -0.970. The van der Waals surface area contributed by atoms with Crippen LogP contribution in [0.25, 0.3) is 0 Å². The van der Waals surface area contributed by atoms with Crippen LogP contribution in [0, 0.1) is 5.41 Å². The summed E-state index contributed by atoms with van der Waals surface area (Å²) in [7, 11) is 2.22. The Balaban J connectivity index is 1.79. The highest BCUT2D eigenvalue weighted by Crippen LogP contribution is 2.28. The standard InChI is InChI=1S/C17H29N3O/c1-3-8-19-13-17(7-12-21-15-17)14-20(2)11-6-16-4-9-18-10-5-16/h4-5,9-10,19H,3,6-8,11-15H2,1-2H3. The Morgan fingerprint density at radius 2 is 2.19 bits per heavy atom. The number of pyridine rings is 1. The van der Waals surface area contributed by atoms with Gasteiger partial charge in [0.05, 0.1) is 6.61 Å². The van der Waals surface area contributed by atoms with E-state index in [4.69, 9.17) is 4.74 Å². The quantitative estimate of drug-likeness (QED) is 0.706. The van der Waals surface area contributed by atoms with Crippen LogP contribution in [0.15, 0.2) is 24.5 Å². The lowest BCUT2D eigenvalue weighted by Crippen LogP contribution is -2.44. The van der Waals surface area contributed by atoms with Crippen molar-refractivity contribution in [3.05, 3.63) is 30.1 Å². The average molecular weight is 291 g/mol. The van der Waals surface area contributed by atoms with Gasteiger partial charge in [0.2, 0.25) is 0 Å². The van der Waals surface area contributed by atoms with E-state index in [0.717, 1.165) is 45.8 Å². The molecule has 0 amide bonds. The number of aromatic nitrogens is 1. The molecule has 1 aromatic rings. The maximum atomic E-state index is 5.68. The van der Waals surface area contributed by atoms with Gasteiger partial charge < -0.3 is 15.0 Å². The van der Waals surface area contributed by atoms with E-state index in [1.807, 2.05) is 12.4 Å². The summed E-state index contributed by atoms with van der Waals surface area (Å²) in [4.78, 5) is 6.52. The van der Waals surface area contributed by atoms with E-state index in [0.29, 0.717) is 5.41 Å². The molecule has 1 aromatic heterocycles. The van der Waals surface area contributed by atoms with Crippen LogP contribution in [0.2, 0.25) is 0 Å². The Morgan fingerprint density at radius 1 is 1.38 bits per heavy atom. The van der Waals surface area contributed by atoms with Crippen molar-refractivity contribution in [2.45, 2.75) is 26.2 Å². The normalized spacial score (nSPS) is 22.0. The minimum absolute atomic E-state index is 0.294. The topological polar surface area (TPSA) is 37.4 Å². The second-order valence-electron chi connectivity index (χ2n) is 6.32. The molecule has 1 unspecified atom stereocenters. The molecule has 1 aliphatic rings. The molecule has 0 aromatic carbocycles. The third-order valence-electron chi connectivity index (χ3n) is 4.25. The van der Waals surface area contributed by atoms with Gasteiger partial charge in [0.25, 0.3) is 0 Å². The van der Waals surface area contributed by atoms with Crippen molar-refractivity contribution in [3.8, 4) is 0 Å². The predicted octanol–water partition coefficient (Wildman–Crippen LogP) is 1.96. The van der Waals surface area contributed by atoms with Crippen LogP contribution < -0.4 is 5.32 Å². The highest BCUT2D eigenvalue weighted by molar-refractivity contribution is 5.09. The molecule has 4 nitrogen and oxygen atoms in total. The molecule has 1 N–H and O–H groups in total. The molecule has 1 atom stereocenters. The monoisotopic (exact) mass is 291 g/mol. The summed E-state index contributed by atoms with van der Waals surface area (Å²) in [6.07, 6.45) is 7.18. The summed E-state index contributed by atoms with van der Waals surface area (Å²) in [5.41, 5.74) is 1.65. The van der Waals surface area contributed by atoms with Gasteiger partial charge in [-0.05, 0) is 50.6 Å². The molecule has 1 fully saturated rings. The number of nitrogens with one attached hydrogen (secondary N) is 1. The number of nitrogens with zero attached hydrogens (tertiary/aromatic N) is 2. The molecule has 1 aliphatic heterocycles. The van der Waals surface area contributed by atoms with Crippen LogP contribution in [-0.2, 0) is 11.2 Å². The summed E-state index contributed by atoms with van der Waals surface area (Å²) in [5.74, 6) is 0. The fourth-order valence-electron chi connectivity index (χ4n) is 3.02. The lowest BCUT2D eigenvalue weighted by molar-refractivity contribution is 0.119. The van der Waals surface area contributed by atoms with Gasteiger partial charge in [-0.3, -0.25) is 4.98 Å². The summed E-state index contributed by atoms with van der Waals surface area (Å²) < 4.78 is 5.68. The maximum absolute atomic E-state index is 5.68. The van der Waals surface area contributed by atoms with Crippen LogP contribution in [0.4, 0.5) is 0 Å². The molecule has 0 aliphatic carbocycles. The third-order valence-corrected chi connectivity index (χ3v) is 4.25. The summed E-state index contributed by atoms with van der Waals surface area (Å²) in [5, 5.41) is 3.58. The second-order valence-corrected chi connectivity index (χ2v) is 6.32. The molecule has 2 heterocycles. The SMILES string of the molecule is CCCNCC1(CN(C)CCc2ccncc2)CCOC1. The van der Waals surface area contributed by atoms with Gasteiger partial charge in [-0.1, -0.05) is 6.92 Å². The molecule has 0 spiro atoms. The fourth-order valence-corrected chi connectivity index (χ4v) is 3.02. The van der Waals surface area contributed by atoms with E-state index in [2.05, 4.69) is 41.3 Å². The third kappa shape index (κ3) is 5.38. The molecule has 118 valence electrons. The number of ether oxygens (including phenoxy) is 1. The first-order valence-corrected chi connectivity index (χ1v) is 8.10. The minimum atomic E-state index is 0.294. The molecule has 2 rings (SSSR count). The Morgan fingerprint density at radius 3 is 2.86 bits per heavy atom. The van der Waals surface area contributed by atoms with Gasteiger partial charge in [0.15, 0.2) is 0 Å². The summed E-state index contributed by atoms with van der Waals surface area (Å²) >= 11 is 0. The molecule has 0 radical (unpaired) electrons. The second kappa shape index (κ2) is 8.47. The van der Waals surface area contributed by atoms with Gasteiger partial charge in [-0.15, -0.1) is 0 Å². The van der Waals surface area contributed by atoms with E-state index in [1.54, 1.807) is 0 Å². The smallest absolute Gasteiger partial charge is 0.0547 e. The summed E-state index contributed by atoms with van der Waals surface area (Å²) in [6.45, 7) is 8.37. The van der Waals surface area contributed by atoms with Crippen molar-refractivity contribution in [2.24, 2.45) is 5.41 Å². The van der Waals surface area contributed by atoms with Crippen molar-refractivity contribution in [3.63, 3.8) is 0 Å². The predicted molar refractivity (Wildman–Crippen MR) is 86.5 cm³/mol. The highest BCUT2D eigenvalue weighted by atomic mass is 16.5. The zero-order valence-electron chi connectivity index (χ0n) is 13.5. The number of likely N-dealkylation sites (N-methyl/N-ethyl adjacent to an activating group) is 1. The lowest BCUT2D eigenvalue weighted by Gasteiger charge is -2.32. The van der Waals surface area contributed by atoms with E-state index >= 15 is 0 Å². The van der Waals surface area contributed by atoms with Crippen molar-refractivity contribution < 1.29 is 4.74 Å². The van der Waals surface area contributed by atoms with E-state index < -0.39 is 0 Å². The van der Waals surface area contributed by atoms with Crippen LogP contribution >= 0.6 is 0 Å². The zero-order chi connectivity index (χ0) is 15.0. The number of hydrogen-bond acceptors (Lipinski definition) is 4. The van der Waals surface area contributed by atoms with Crippen LogP contribution in [0.3, 0.4) is 0 Å². The van der Waals surface area contributed by atoms with E-state index in [9.17, 15) is 0 Å². The Labute approximate surface area is 128 Å². The number of rotatable bonds is 9. The molecule has 0 bridgehead atoms. The minimum Gasteiger partial charge on any atom is -0.381 e. The van der Waals surface area contributed by atoms with Crippen molar-refractivity contribution in [2.75, 3.05) is 46.4 Å². The molecular formula is C17H29N3O. The van der Waals surface area contributed by atoms with Gasteiger partial charge in [0.1, 0.15) is 0 Å². The first-order chi connectivity index (χ1) is 10.2. The molecule has 1 saturated heterocycles. The van der Waals surface area contributed by atoms with Crippen LogP contribution in [-0.4, -0.2) is 56.3 Å². The first-order valence-electron chi connectivity index (χ1n) is 8.10. The van der Waals surface area contributed by atoms with Gasteiger partial charge in [0, 0.05) is 44.0 Å². The average Bonchev–Trinajstić information content (AvgIpc) is 2.95. The highest BCUT2D eigenvalue weighted by Gasteiger charge is 2.35. The van der Waals surface area contributed by atoms with Crippen molar-refractivity contribution in [1.82, 2.24) is 15.2 Å².